The predicted molar refractivity (Wildman–Crippen MR) is 130 cm³/mol. The van der Waals surface area contributed by atoms with Crippen molar-refractivity contribution >= 4 is 10.1 Å². The van der Waals surface area contributed by atoms with Crippen LogP contribution in [-0.4, -0.2) is 50.0 Å². The fourth-order valence-corrected chi connectivity index (χ4v) is 4.95. The van der Waals surface area contributed by atoms with Gasteiger partial charge in [-0.15, -0.1) is 0 Å². The minimum Gasteiger partial charge on any atom is -0.372 e. The molecule has 2 heterocycles. The van der Waals surface area contributed by atoms with Crippen LogP contribution in [-0.2, 0) is 33.9 Å². The number of benzene rings is 2. The van der Waals surface area contributed by atoms with Gasteiger partial charge in [0.25, 0.3) is 10.1 Å². The Morgan fingerprint density at radius 3 is 2.26 bits per heavy atom. The van der Waals surface area contributed by atoms with Gasteiger partial charge in [0.2, 0.25) is 0 Å². The lowest BCUT2D eigenvalue weighted by Crippen LogP contribution is -2.49. The molecule has 4 rings (SSSR count). The normalized spacial score (nSPS) is 27.8. The first kappa shape index (κ1) is 25.8. The van der Waals surface area contributed by atoms with Crippen molar-refractivity contribution in [1.82, 2.24) is 0 Å². The smallest absolute Gasteiger partial charge is 0.297 e. The van der Waals surface area contributed by atoms with Gasteiger partial charge in [-0.1, -0.05) is 62.4 Å². The molecular weight excluding hydrogens is 468 g/mol. The van der Waals surface area contributed by atoms with Crippen LogP contribution in [0.2, 0.25) is 0 Å². The summed E-state index contributed by atoms with van der Waals surface area (Å²) in [5.74, 6) is 4.88. The van der Waals surface area contributed by atoms with E-state index in [1.165, 1.54) is 12.1 Å². The van der Waals surface area contributed by atoms with Crippen LogP contribution >= 0.6 is 0 Å². The van der Waals surface area contributed by atoms with Crippen LogP contribution in [0.1, 0.15) is 51.3 Å². The summed E-state index contributed by atoms with van der Waals surface area (Å²) in [6, 6.07) is 14.1. The monoisotopic (exact) mass is 500 g/mol. The molecule has 2 aromatic carbocycles. The fourth-order valence-electron chi connectivity index (χ4n) is 4.04. The van der Waals surface area contributed by atoms with Crippen LogP contribution in [0.15, 0.2) is 53.4 Å². The van der Waals surface area contributed by atoms with E-state index in [4.69, 9.17) is 18.4 Å². The Bertz CT molecular complexity index is 1230. The third-order valence-electron chi connectivity index (χ3n) is 6.12. The maximum Gasteiger partial charge on any atom is 0.297 e. The highest BCUT2D eigenvalue weighted by molar-refractivity contribution is 7.86. The van der Waals surface area contributed by atoms with Crippen LogP contribution in [0, 0.1) is 18.8 Å². The minimum absolute atomic E-state index is 0.00264. The molecule has 0 radical (unpaired) electrons. The molecule has 4 atom stereocenters. The molecule has 2 aromatic rings. The average Bonchev–Trinajstić information content (AvgIpc) is 3.21. The Morgan fingerprint density at radius 1 is 1.03 bits per heavy atom. The molecule has 2 aliphatic heterocycles. The Morgan fingerprint density at radius 2 is 1.66 bits per heavy atom. The van der Waals surface area contributed by atoms with Crippen molar-refractivity contribution in [3.8, 4) is 11.8 Å². The second-order valence-electron chi connectivity index (χ2n) is 10.5. The molecule has 8 heteroatoms. The van der Waals surface area contributed by atoms with Gasteiger partial charge in [-0.3, -0.25) is 4.18 Å². The first-order valence-corrected chi connectivity index (χ1v) is 12.9. The zero-order chi connectivity index (χ0) is 25.6. The zero-order valence-corrected chi connectivity index (χ0v) is 21.7. The standard InChI is InChI=1S/C27H32O7S/c1-18-7-13-21(14-8-18)35(29,30)31-17-22-27(28,23-24(32-22)34-26(5,6)33-23)16-15-19-9-11-20(12-10-19)25(2,3)4/h7-14,22-24,28H,17H2,1-6H3/t22?,23-,24+,27+/m0/s1. The third kappa shape index (κ3) is 5.46. The topological polar surface area (TPSA) is 91.3 Å². The van der Waals surface area contributed by atoms with Gasteiger partial charge in [0.15, 0.2) is 23.8 Å². The van der Waals surface area contributed by atoms with Crippen molar-refractivity contribution in [3.05, 3.63) is 65.2 Å². The SMILES string of the molecule is Cc1ccc(S(=O)(=O)OCC2O[C@@H]3OC(C)(C)O[C@@H]3[C@@]2(O)C#Cc2ccc(C(C)(C)C)cc2)cc1. The molecule has 0 saturated carbocycles. The molecule has 0 spiro atoms. The van der Waals surface area contributed by atoms with Crippen LogP contribution in [0.5, 0.6) is 0 Å². The Kier molecular flexibility index (Phi) is 6.64. The Labute approximate surface area is 207 Å². The van der Waals surface area contributed by atoms with Gasteiger partial charge in [0.1, 0.15) is 6.10 Å². The first-order valence-electron chi connectivity index (χ1n) is 11.5. The van der Waals surface area contributed by atoms with Gasteiger partial charge in [0, 0.05) is 5.56 Å². The summed E-state index contributed by atoms with van der Waals surface area (Å²) >= 11 is 0. The van der Waals surface area contributed by atoms with Gasteiger partial charge in [-0.05, 0) is 56.0 Å². The molecular formula is C27H32O7S. The van der Waals surface area contributed by atoms with Gasteiger partial charge < -0.3 is 19.3 Å². The van der Waals surface area contributed by atoms with E-state index in [0.29, 0.717) is 5.56 Å². The lowest BCUT2D eigenvalue weighted by atomic mass is 9.86. The molecule has 1 unspecified atom stereocenters. The lowest BCUT2D eigenvalue weighted by Gasteiger charge is -2.29. The van der Waals surface area contributed by atoms with Crippen LogP contribution < -0.4 is 0 Å². The molecule has 2 fully saturated rings. The average molecular weight is 501 g/mol. The predicted octanol–water partition coefficient (Wildman–Crippen LogP) is 3.66. The highest BCUT2D eigenvalue weighted by atomic mass is 32.2. The fraction of sp³-hybridized carbons (Fsp3) is 0.481. The number of hydrogen-bond acceptors (Lipinski definition) is 7. The molecule has 35 heavy (non-hydrogen) atoms. The lowest BCUT2D eigenvalue weighted by molar-refractivity contribution is -0.224. The highest BCUT2D eigenvalue weighted by Gasteiger charge is 2.63. The zero-order valence-electron chi connectivity index (χ0n) is 20.9. The van der Waals surface area contributed by atoms with E-state index in [2.05, 4.69) is 32.6 Å². The van der Waals surface area contributed by atoms with Crippen molar-refractivity contribution in [3.63, 3.8) is 0 Å². The quantitative estimate of drug-likeness (QED) is 0.506. The van der Waals surface area contributed by atoms with Gasteiger partial charge >= 0.3 is 0 Å². The molecule has 0 aromatic heterocycles. The van der Waals surface area contributed by atoms with Gasteiger partial charge in [0.05, 0.1) is 11.5 Å². The number of ether oxygens (including phenoxy) is 3. The third-order valence-corrected chi connectivity index (χ3v) is 7.42. The van der Waals surface area contributed by atoms with E-state index >= 15 is 0 Å². The number of aryl methyl sites for hydroxylation is 1. The summed E-state index contributed by atoms with van der Waals surface area (Å²) in [6.45, 7) is 11.2. The van der Waals surface area contributed by atoms with Crippen molar-refractivity contribution in [2.75, 3.05) is 6.61 Å². The second kappa shape index (κ2) is 9.00. The summed E-state index contributed by atoms with van der Waals surface area (Å²) in [5, 5.41) is 11.6. The molecule has 7 nitrogen and oxygen atoms in total. The van der Waals surface area contributed by atoms with Crippen LogP contribution in [0.4, 0.5) is 0 Å². The number of hydrogen-bond donors (Lipinski definition) is 1. The van der Waals surface area contributed by atoms with E-state index in [0.717, 1.165) is 11.1 Å². The van der Waals surface area contributed by atoms with Gasteiger partial charge in [-0.25, -0.2) is 0 Å². The molecule has 0 bridgehead atoms. The maximum atomic E-state index is 12.7. The van der Waals surface area contributed by atoms with E-state index in [-0.39, 0.29) is 10.3 Å². The second-order valence-corrected chi connectivity index (χ2v) is 12.1. The minimum atomic E-state index is -4.07. The van der Waals surface area contributed by atoms with Crippen molar-refractivity contribution < 1.29 is 31.9 Å². The van der Waals surface area contributed by atoms with Crippen molar-refractivity contribution in [2.24, 2.45) is 0 Å². The maximum absolute atomic E-state index is 12.7. The first-order chi connectivity index (χ1) is 16.2. The Hall–Kier alpha value is -2.25. The molecule has 2 aliphatic rings. The molecule has 1 N–H and O–H groups in total. The van der Waals surface area contributed by atoms with Gasteiger partial charge in [-0.2, -0.15) is 8.42 Å². The highest BCUT2D eigenvalue weighted by Crippen LogP contribution is 2.43. The Balaban J connectivity index is 1.59. The molecule has 2 saturated heterocycles. The summed E-state index contributed by atoms with van der Waals surface area (Å²) < 4.78 is 48.2. The number of fused-ring (bicyclic) bond motifs is 1. The molecule has 0 amide bonds. The molecule has 0 aliphatic carbocycles. The van der Waals surface area contributed by atoms with Crippen molar-refractivity contribution in [2.45, 2.75) is 81.7 Å². The summed E-state index contributed by atoms with van der Waals surface area (Å²) in [6.07, 6.45) is -2.96. The largest absolute Gasteiger partial charge is 0.372 e. The summed E-state index contributed by atoms with van der Waals surface area (Å²) in [4.78, 5) is 0.0171. The van der Waals surface area contributed by atoms with E-state index < -0.39 is 46.6 Å². The van der Waals surface area contributed by atoms with Crippen molar-refractivity contribution in [1.29, 1.82) is 0 Å². The molecule has 188 valence electrons. The van der Waals surface area contributed by atoms with E-state index in [9.17, 15) is 13.5 Å². The summed E-state index contributed by atoms with van der Waals surface area (Å²) in [7, 11) is -4.07. The summed E-state index contributed by atoms with van der Waals surface area (Å²) in [5.41, 5.74) is 0.924. The number of rotatable bonds is 4. The van der Waals surface area contributed by atoms with E-state index in [1.807, 2.05) is 31.2 Å². The van der Waals surface area contributed by atoms with E-state index in [1.54, 1.807) is 26.0 Å². The number of aliphatic hydroxyl groups is 1. The van der Waals surface area contributed by atoms with Crippen LogP contribution in [0.3, 0.4) is 0 Å². The van der Waals surface area contributed by atoms with Crippen LogP contribution in [0.25, 0.3) is 0 Å².